The van der Waals surface area contributed by atoms with Crippen molar-refractivity contribution in [2.75, 3.05) is 17.7 Å². The molecule has 1 fully saturated rings. The number of rotatable bonds is 6. The van der Waals surface area contributed by atoms with Crippen molar-refractivity contribution in [1.29, 1.82) is 0 Å². The monoisotopic (exact) mass is 485 g/mol. The van der Waals surface area contributed by atoms with Crippen molar-refractivity contribution < 1.29 is 9.53 Å². The van der Waals surface area contributed by atoms with Crippen molar-refractivity contribution >= 4 is 45.9 Å². The molecule has 1 aromatic heterocycles. The lowest BCUT2D eigenvalue weighted by molar-refractivity contribution is -0.113. The summed E-state index contributed by atoms with van der Waals surface area (Å²) >= 11 is 3.76. The molecule has 0 aliphatic carbocycles. The van der Waals surface area contributed by atoms with Crippen molar-refractivity contribution in [2.24, 2.45) is 0 Å². The smallest absolute Gasteiger partial charge is 0.234 e. The zero-order valence-corrected chi connectivity index (χ0v) is 18.3. The molecular formula is C19H24IN3O2S. The van der Waals surface area contributed by atoms with Crippen molar-refractivity contribution in [3.63, 3.8) is 0 Å². The third kappa shape index (κ3) is 4.80. The highest BCUT2D eigenvalue weighted by Gasteiger charge is 2.20. The standard InChI is InChI=1S/C19H24IN3O2S/c1-12-9-15(20)6-7-17(12)22-18(24)11-26-19-21-13(2)14(3)23(19)10-16-5-4-8-25-16/h6-7,9,16H,4-5,8,10-11H2,1-3H3,(H,22,24)/t16-/m0/s1. The van der Waals surface area contributed by atoms with E-state index < -0.39 is 0 Å². The van der Waals surface area contributed by atoms with Crippen LogP contribution in [-0.2, 0) is 16.1 Å². The Labute approximate surface area is 172 Å². The van der Waals surface area contributed by atoms with Crippen LogP contribution < -0.4 is 5.32 Å². The van der Waals surface area contributed by atoms with Gasteiger partial charge in [0.15, 0.2) is 5.16 Å². The first-order valence-electron chi connectivity index (χ1n) is 8.78. The van der Waals surface area contributed by atoms with Gasteiger partial charge in [0.25, 0.3) is 0 Å². The number of aromatic nitrogens is 2. The molecule has 2 aromatic rings. The summed E-state index contributed by atoms with van der Waals surface area (Å²) in [6.45, 7) is 7.76. The van der Waals surface area contributed by atoms with Gasteiger partial charge in [-0.05, 0) is 80.0 Å². The van der Waals surface area contributed by atoms with Gasteiger partial charge in [0.1, 0.15) is 0 Å². The third-order valence-corrected chi connectivity index (χ3v) is 6.28. The van der Waals surface area contributed by atoms with Gasteiger partial charge >= 0.3 is 0 Å². The maximum absolute atomic E-state index is 12.4. The number of carbonyl (C=O) groups is 1. The van der Waals surface area contributed by atoms with E-state index in [4.69, 9.17) is 4.74 Å². The van der Waals surface area contributed by atoms with Gasteiger partial charge in [-0.3, -0.25) is 4.79 Å². The van der Waals surface area contributed by atoms with Gasteiger partial charge in [0.05, 0.1) is 24.1 Å². The first-order chi connectivity index (χ1) is 12.4. The molecule has 1 N–H and O–H groups in total. The van der Waals surface area contributed by atoms with Gasteiger partial charge in [-0.1, -0.05) is 11.8 Å². The molecule has 2 heterocycles. The normalized spacial score (nSPS) is 16.8. The molecule has 0 spiro atoms. The number of carbonyl (C=O) groups excluding carboxylic acids is 1. The second kappa shape index (κ2) is 8.75. The second-order valence-corrected chi connectivity index (χ2v) is 8.80. The number of benzene rings is 1. The second-order valence-electron chi connectivity index (χ2n) is 6.61. The summed E-state index contributed by atoms with van der Waals surface area (Å²) in [6.07, 6.45) is 2.47. The first kappa shape index (κ1) is 19.7. The lowest BCUT2D eigenvalue weighted by Crippen LogP contribution is -2.18. The molecule has 1 aliphatic rings. The number of hydrogen-bond acceptors (Lipinski definition) is 4. The molecule has 7 heteroatoms. The molecule has 26 heavy (non-hydrogen) atoms. The van der Waals surface area contributed by atoms with Crippen LogP contribution in [0.25, 0.3) is 0 Å². The van der Waals surface area contributed by atoms with Crippen LogP contribution in [0.1, 0.15) is 29.8 Å². The van der Waals surface area contributed by atoms with Gasteiger partial charge in [0.2, 0.25) is 5.91 Å². The summed E-state index contributed by atoms with van der Waals surface area (Å²) in [4.78, 5) is 17.0. The molecule has 0 saturated carbocycles. The van der Waals surface area contributed by atoms with Crippen LogP contribution in [-0.4, -0.2) is 33.9 Å². The maximum atomic E-state index is 12.4. The average Bonchev–Trinajstić information content (AvgIpc) is 3.20. The molecule has 1 saturated heterocycles. The molecule has 0 unspecified atom stereocenters. The highest BCUT2D eigenvalue weighted by molar-refractivity contribution is 14.1. The van der Waals surface area contributed by atoms with Gasteiger partial charge in [-0.2, -0.15) is 0 Å². The average molecular weight is 485 g/mol. The quantitative estimate of drug-likeness (QED) is 0.489. The summed E-state index contributed by atoms with van der Waals surface area (Å²) in [6, 6.07) is 6.01. The predicted molar refractivity (Wildman–Crippen MR) is 114 cm³/mol. The van der Waals surface area contributed by atoms with E-state index in [2.05, 4.69) is 50.4 Å². The lowest BCUT2D eigenvalue weighted by atomic mass is 10.2. The number of anilines is 1. The van der Waals surface area contributed by atoms with E-state index in [9.17, 15) is 4.79 Å². The number of hydrogen-bond donors (Lipinski definition) is 1. The summed E-state index contributed by atoms with van der Waals surface area (Å²) in [5.74, 6) is 0.327. The minimum Gasteiger partial charge on any atom is -0.376 e. The molecule has 140 valence electrons. The molecule has 0 bridgehead atoms. The SMILES string of the molecule is Cc1cc(I)ccc1NC(=O)CSc1nc(C)c(C)n1C[C@@H]1CCCO1. The zero-order chi connectivity index (χ0) is 18.7. The van der Waals surface area contributed by atoms with Crippen LogP contribution in [0.5, 0.6) is 0 Å². The van der Waals surface area contributed by atoms with Crippen molar-refractivity contribution in [1.82, 2.24) is 9.55 Å². The molecule has 1 amide bonds. The molecule has 1 atom stereocenters. The van der Waals surface area contributed by atoms with Crippen LogP contribution in [0.4, 0.5) is 5.69 Å². The Bertz CT molecular complexity index is 800. The fraction of sp³-hybridized carbons (Fsp3) is 0.474. The van der Waals surface area contributed by atoms with Crippen LogP contribution in [0, 0.1) is 24.3 Å². The number of thioether (sulfide) groups is 1. The Kier molecular flexibility index (Phi) is 6.63. The molecule has 5 nitrogen and oxygen atoms in total. The van der Waals surface area contributed by atoms with Gasteiger partial charge in [-0.25, -0.2) is 4.98 Å². The number of nitrogens with one attached hydrogen (secondary N) is 1. The van der Waals surface area contributed by atoms with E-state index in [1.165, 1.54) is 11.8 Å². The maximum Gasteiger partial charge on any atom is 0.234 e. The number of ether oxygens (including phenoxy) is 1. The van der Waals surface area contributed by atoms with Crippen LogP contribution in [0.2, 0.25) is 0 Å². The highest BCUT2D eigenvalue weighted by atomic mass is 127. The lowest BCUT2D eigenvalue weighted by Gasteiger charge is -2.14. The number of amides is 1. The number of nitrogens with zero attached hydrogens (tertiary/aromatic N) is 2. The fourth-order valence-corrected chi connectivity index (χ4v) is 4.57. The van der Waals surface area contributed by atoms with Gasteiger partial charge in [-0.15, -0.1) is 0 Å². The predicted octanol–water partition coefficient (Wildman–Crippen LogP) is 4.32. The molecular weight excluding hydrogens is 461 g/mol. The number of halogens is 1. The third-order valence-electron chi connectivity index (χ3n) is 4.63. The van der Waals surface area contributed by atoms with Crippen LogP contribution >= 0.6 is 34.4 Å². The fourth-order valence-electron chi connectivity index (χ4n) is 3.02. The molecule has 3 rings (SSSR count). The Morgan fingerprint density at radius 1 is 1.42 bits per heavy atom. The Hall–Kier alpha value is -1.06. The van der Waals surface area contributed by atoms with E-state index in [0.29, 0.717) is 5.75 Å². The first-order valence-corrected chi connectivity index (χ1v) is 10.8. The van der Waals surface area contributed by atoms with Crippen LogP contribution in [0.3, 0.4) is 0 Å². The summed E-state index contributed by atoms with van der Waals surface area (Å²) < 4.78 is 9.12. The summed E-state index contributed by atoms with van der Waals surface area (Å²) in [7, 11) is 0. The van der Waals surface area contributed by atoms with E-state index in [0.717, 1.165) is 57.4 Å². The van der Waals surface area contributed by atoms with E-state index >= 15 is 0 Å². The molecule has 1 aromatic carbocycles. The summed E-state index contributed by atoms with van der Waals surface area (Å²) in [5.41, 5.74) is 4.10. The largest absolute Gasteiger partial charge is 0.376 e. The van der Waals surface area contributed by atoms with E-state index in [-0.39, 0.29) is 12.0 Å². The minimum atomic E-state index is -0.0127. The molecule has 1 aliphatic heterocycles. The van der Waals surface area contributed by atoms with Crippen molar-refractivity contribution in [3.05, 3.63) is 38.7 Å². The topological polar surface area (TPSA) is 56.2 Å². The van der Waals surface area contributed by atoms with Crippen molar-refractivity contribution in [2.45, 2.75) is 51.4 Å². The van der Waals surface area contributed by atoms with Crippen LogP contribution in [0.15, 0.2) is 23.4 Å². The minimum absolute atomic E-state index is 0.0127. The summed E-state index contributed by atoms with van der Waals surface area (Å²) in [5, 5.41) is 3.89. The number of aryl methyl sites for hydroxylation is 2. The molecule has 0 radical (unpaired) electrons. The zero-order valence-electron chi connectivity index (χ0n) is 15.3. The Morgan fingerprint density at radius 2 is 2.23 bits per heavy atom. The Balaban J connectivity index is 1.63. The van der Waals surface area contributed by atoms with E-state index in [1.54, 1.807) is 0 Å². The van der Waals surface area contributed by atoms with Gasteiger partial charge < -0.3 is 14.6 Å². The highest BCUT2D eigenvalue weighted by Crippen LogP contribution is 2.25. The van der Waals surface area contributed by atoms with E-state index in [1.807, 2.05) is 26.0 Å². The van der Waals surface area contributed by atoms with Gasteiger partial charge in [0, 0.05) is 21.6 Å². The number of imidazole rings is 1. The Morgan fingerprint density at radius 3 is 2.92 bits per heavy atom. The van der Waals surface area contributed by atoms with Crippen molar-refractivity contribution in [3.8, 4) is 0 Å².